The van der Waals surface area contributed by atoms with Crippen LogP contribution < -0.4 is 10.9 Å². The van der Waals surface area contributed by atoms with Gasteiger partial charge in [-0.25, -0.2) is 14.0 Å². The SMILES string of the molecule is O=C(COC(=O)c1cc2ccccc2oc1=O)Nc1cc(Cl)ccc1F. The number of para-hydroxylation sites is 1. The lowest BCUT2D eigenvalue weighted by molar-refractivity contribution is -0.119. The maximum atomic E-state index is 13.6. The molecule has 1 heterocycles. The summed E-state index contributed by atoms with van der Waals surface area (Å²) in [6, 6.07) is 11.6. The largest absolute Gasteiger partial charge is 0.452 e. The van der Waals surface area contributed by atoms with Gasteiger partial charge in [-0.3, -0.25) is 4.79 Å². The van der Waals surface area contributed by atoms with E-state index in [4.69, 9.17) is 20.8 Å². The number of ether oxygens (including phenoxy) is 1. The molecule has 0 aliphatic carbocycles. The average molecular weight is 376 g/mol. The van der Waals surface area contributed by atoms with Gasteiger partial charge in [-0.2, -0.15) is 0 Å². The Labute approximate surface area is 151 Å². The molecular formula is C18H11ClFNO5. The Hall–Kier alpha value is -3.19. The van der Waals surface area contributed by atoms with E-state index in [9.17, 15) is 18.8 Å². The molecule has 3 aromatic rings. The van der Waals surface area contributed by atoms with Crippen LogP contribution in [0.15, 0.2) is 57.7 Å². The molecule has 0 saturated carbocycles. The molecule has 132 valence electrons. The van der Waals surface area contributed by atoms with E-state index < -0.39 is 29.9 Å². The summed E-state index contributed by atoms with van der Waals surface area (Å²) < 4.78 is 23.4. The van der Waals surface area contributed by atoms with Gasteiger partial charge in [-0.15, -0.1) is 0 Å². The van der Waals surface area contributed by atoms with Gasteiger partial charge in [0.1, 0.15) is 17.0 Å². The van der Waals surface area contributed by atoms with Crippen molar-refractivity contribution in [1.82, 2.24) is 0 Å². The highest BCUT2D eigenvalue weighted by molar-refractivity contribution is 6.30. The molecule has 0 saturated heterocycles. The molecule has 1 N–H and O–H groups in total. The van der Waals surface area contributed by atoms with E-state index >= 15 is 0 Å². The molecule has 2 aromatic carbocycles. The van der Waals surface area contributed by atoms with Crippen LogP contribution in [-0.4, -0.2) is 18.5 Å². The molecule has 0 atom stereocenters. The second-order valence-corrected chi connectivity index (χ2v) is 5.67. The number of hydrogen-bond donors (Lipinski definition) is 1. The summed E-state index contributed by atoms with van der Waals surface area (Å²) in [5, 5.41) is 2.99. The van der Waals surface area contributed by atoms with Crippen molar-refractivity contribution in [3.05, 3.63) is 75.4 Å². The Morgan fingerprint density at radius 3 is 2.73 bits per heavy atom. The maximum Gasteiger partial charge on any atom is 0.351 e. The number of rotatable bonds is 4. The fraction of sp³-hybridized carbons (Fsp3) is 0.0556. The third kappa shape index (κ3) is 3.89. The van der Waals surface area contributed by atoms with Gasteiger partial charge in [-0.1, -0.05) is 29.8 Å². The molecule has 0 fully saturated rings. The lowest BCUT2D eigenvalue weighted by atomic mass is 10.2. The molecule has 1 amide bonds. The van der Waals surface area contributed by atoms with Crippen LogP contribution in [0.4, 0.5) is 10.1 Å². The van der Waals surface area contributed by atoms with Crippen molar-refractivity contribution in [3.63, 3.8) is 0 Å². The molecule has 0 spiro atoms. The van der Waals surface area contributed by atoms with Crippen LogP contribution in [0, 0.1) is 5.82 Å². The highest BCUT2D eigenvalue weighted by atomic mass is 35.5. The molecule has 6 nitrogen and oxygen atoms in total. The Balaban J connectivity index is 1.69. The zero-order valence-electron chi connectivity index (χ0n) is 13.1. The van der Waals surface area contributed by atoms with Crippen LogP contribution in [0.1, 0.15) is 10.4 Å². The van der Waals surface area contributed by atoms with Crippen molar-refractivity contribution in [2.75, 3.05) is 11.9 Å². The minimum atomic E-state index is -1.02. The van der Waals surface area contributed by atoms with Gasteiger partial charge in [0.2, 0.25) is 0 Å². The zero-order valence-corrected chi connectivity index (χ0v) is 13.9. The van der Waals surface area contributed by atoms with E-state index in [-0.39, 0.29) is 16.3 Å². The zero-order chi connectivity index (χ0) is 18.7. The number of benzene rings is 2. The van der Waals surface area contributed by atoms with Crippen LogP contribution in [0.3, 0.4) is 0 Å². The van der Waals surface area contributed by atoms with Gasteiger partial charge in [0.25, 0.3) is 5.91 Å². The first-order chi connectivity index (χ1) is 12.4. The fourth-order valence-corrected chi connectivity index (χ4v) is 2.36. The number of nitrogens with one attached hydrogen (secondary N) is 1. The van der Waals surface area contributed by atoms with Crippen LogP contribution in [0.2, 0.25) is 5.02 Å². The van der Waals surface area contributed by atoms with Crippen molar-refractivity contribution in [3.8, 4) is 0 Å². The minimum Gasteiger partial charge on any atom is -0.452 e. The summed E-state index contributed by atoms with van der Waals surface area (Å²) in [6.45, 7) is -0.711. The van der Waals surface area contributed by atoms with Crippen molar-refractivity contribution in [1.29, 1.82) is 0 Å². The van der Waals surface area contributed by atoms with E-state index in [1.165, 1.54) is 18.2 Å². The van der Waals surface area contributed by atoms with Gasteiger partial charge in [0, 0.05) is 10.4 Å². The smallest absolute Gasteiger partial charge is 0.351 e. The van der Waals surface area contributed by atoms with E-state index in [2.05, 4.69) is 5.32 Å². The first kappa shape index (κ1) is 17.6. The van der Waals surface area contributed by atoms with Gasteiger partial charge in [-0.05, 0) is 30.3 Å². The molecule has 3 rings (SSSR count). The van der Waals surface area contributed by atoms with E-state index in [0.717, 1.165) is 6.07 Å². The second kappa shape index (κ2) is 7.37. The number of esters is 1. The molecule has 0 aliphatic heterocycles. The number of amides is 1. The Bertz CT molecular complexity index is 1060. The highest BCUT2D eigenvalue weighted by Crippen LogP contribution is 2.19. The summed E-state index contributed by atoms with van der Waals surface area (Å²) in [5.41, 5.74) is -1.05. The standard InChI is InChI=1S/C18H11ClFNO5/c19-11-5-6-13(20)14(8-11)21-16(22)9-25-17(23)12-7-10-3-1-2-4-15(10)26-18(12)24/h1-8H,9H2,(H,21,22). The number of carbonyl (C=O) groups is 2. The number of halogens is 2. The third-order valence-corrected chi connectivity index (χ3v) is 3.63. The monoisotopic (exact) mass is 375 g/mol. The van der Waals surface area contributed by atoms with E-state index in [1.807, 2.05) is 0 Å². The maximum absolute atomic E-state index is 13.6. The number of carbonyl (C=O) groups excluding carboxylic acids is 2. The van der Waals surface area contributed by atoms with Gasteiger partial charge in [0.15, 0.2) is 6.61 Å². The molecule has 8 heteroatoms. The molecule has 1 aromatic heterocycles. The lowest BCUT2D eigenvalue weighted by Gasteiger charge is -2.08. The van der Waals surface area contributed by atoms with Crippen LogP contribution in [0.5, 0.6) is 0 Å². The average Bonchev–Trinajstić information content (AvgIpc) is 2.62. The first-order valence-electron chi connectivity index (χ1n) is 7.39. The third-order valence-electron chi connectivity index (χ3n) is 3.40. The van der Waals surface area contributed by atoms with Crippen LogP contribution >= 0.6 is 11.6 Å². The summed E-state index contributed by atoms with van der Waals surface area (Å²) in [5.74, 6) is -2.50. The summed E-state index contributed by atoms with van der Waals surface area (Å²) >= 11 is 5.72. The second-order valence-electron chi connectivity index (χ2n) is 5.23. The van der Waals surface area contributed by atoms with Gasteiger partial charge in [0.05, 0.1) is 5.69 Å². The predicted molar refractivity (Wildman–Crippen MR) is 92.8 cm³/mol. The number of fused-ring (bicyclic) bond motifs is 1. The van der Waals surface area contributed by atoms with E-state index in [0.29, 0.717) is 11.0 Å². The molecule has 0 aliphatic rings. The Morgan fingerprint density at radius 1 is 1.15 bits per heavy atom. The molecular weight excluding hydrogens is 365 g/mol. The molecule has 26 heavy (non-hydrogen) atoms. The Kier molecular flexibility index (Phi) is 4.99. The van der Waals surface area contributed by atoms with Crippen LogP contribution in [0.25, 0.3) is 11.0 Å². The van der Waals surface area contributed by atoms with Crippen molar-refractivity contribution < 1.29 is 23.1 Å². The van der Waals surface area contributed by atoms with E-state index in [1.54, 1.807) is 24.3 Å². The topological polar surface area (TPSA) is 85.6 Å². The Morgan fingerprint density at radius 2 is 1.92 bits per heavy atom. The summed E-state index contributed by atoms with van der Waals surface area (Å²) in [7, 11) is 0. The van der Waals surface area contributed by atoms with Crippen molar-refractivity contribution in [2.24, 2.45) is 0 Å². The summed E-state index contributed by atoms with van der Waals surface area (Å²) in [4.78, 5) is 35.7. The van der Waals surface area contributed by atoms with Crippen LogP contribution in [-0.2, 0) is 9.53 Å². The summed E-state index contributed by atoms with van der Waals surface area (Å²) in [6.07, 6.45) is 0. The van der Waals surface area contributed by atoms with Crippen molar-refractivity contribution >= 4 is 40.1 Å². The fourth-order valence-electron chi connectivity index (χ4n) is 2.19. The molecule has 0 radical (unpaired) electrons. The quantitative estimate of drug-likeness (QED) is 0.558. The van der Waals surface area contributed by atoms with Gasteiger partial charge < -0.3 is 14.5 Å². The predicted octanol–water partition coefficient (Wildman–Crippen LogP) is 3.38. The number of hydrogen-bond acceptors (Lipinski definition) is 5. The van der Waals surface area contributed by atoms with Gasteiger partial charge >= 0.3 is 11.6 Å². The minimum absolute atomic E-state index is 0.149. The lowest BCUT2D eigenvalue weighted by Crippen LogP contribution is -2.24. The first-order valence-corrected chi connectivity index (χ1v) is 7.77. The number of anilines is 1. The molecule has 0 unspecified atom stereocenters. The molecule has 0 bridgehead atoms. The van der Waals surface area contributed by atoms with Crippen molar-refractivity contribution in [2.45, 2.75) is 0 Å². The normalized spacial score (nSPS) is 10.5. The highest BCUT2D eigenvalue weighted by Gasteiger charge is 2.17.